The van der Waals surface area contributed by atoms with Gasteiger partial charge in [-0.25, -0.2) is 4.79 Å². The third-order valence-corrected chi connectivity index (χ3v) is 1.29. The first-order chi connectivity index (χ1) is 9.20. The first-order valence-electron chi connectivity index (χ1n) is 4.53. The van der Waals surface area contributed by atoms with Crippen LogP contribution in [-0.2, 0) is 40.6 Å². The summed E-state index contributed by atoms with van der Waals surface area (Å²) in [7, 11) is 1.31. The van der Waals surface area contributed by atoms with Gasteiger partial charge >= 0.3 is 39.9 Å². The smallest absolute Gasteiger partial charge is 0 e. The minimum Gasteiger partial charge on any atom is 0 e. The first-order valence-corrected chi connectivity index (χ1v) is 4.53. The quantitative estimate of drug-likeness (QED) is 0.156. The van der Waals surface area contributed by atoms with Crippen molar-refractivity contribution >= 4 is 5.97 Å². The van der Waals surface area contributed by atoms with Gasteiger partial charge in [-0.2, -0.15) is 0 Å². The van der Waals surface area contributed by atoms with Gasteiger partial charge in [0, 0.05) is 23.1 Å². The van der Waals surface area contributed by atoms with E-state index in [1.807, 2.05) is 0 Å². The third-order valence-electron chi connectivity index (χ3n) is 1.29. The summed E-state index contributed by atoms with van der Waals surface area (Å²) in [6.07, 6.45) is 7.53. The number of rotatable bonds is 5. The molecule has 0 saturated heterocycles. The van der Waals surface area contributed by atoms with Gasteiger partial charge in [0.05, 0.1) is 13.2 Å². The molecule has 0 amide bonds. The molecule has 0 rings (SSSR count). The Morgan fingerprint density at radius 2 is 1.70 bits per heavy atom. The molecule has 0 aliphatic carbocycles. The van der Waals surface area contributed by atoms with E-state index in [1.165, 1.54) is 19.3 Å². The Hall–Kier alpha value is -1.61. The van der Waals surface area contributed by atoms with Crippen molar-refractivity contribution in [1.29, 1.82) is 0 Å². The molecule has 0 unspecified atom stereocenters. The van der Waals surface area contributed by atoms with Crippen LogP contribution < -0.4 is 0 Å². The summed E-state index contributed by atoms with van der Waals surface area (Å²) in [6.45, 7) is 17.0. The summed E-state index contributed by atoms with van der Waals surface area (Å²) >= 11 is 0. The van der Waals surface area contributed by atoms with E-state index in [0.29, 0.717) is 6.42 Å². The number of aliphatic hydroxyl groups is 1. The van der Waals surface area contributed by atoms with E-state index < -0.39 is 12.1 Å². The topological polar surface area (TPSA) is 106 Å². The second kappa shape index (κ2) is 36.0. The van der Waals surface area contributed by atoms with Crippen LogP contribution in [0.4, 0.5) is 0 Å². The Morgan fingerprint density at radius 1 is 1.25 bits per heavy atom. The van der Waals surface area contributed by atoms with E-state index in [9.17, 15) is 4.79 Å². The molecule has 0 saturated carbocycles. The van der Waals surface area contributed by atoms with Crippen molar-refractivity contribution in [2.45, 2.75) is 12.5 Å². The van der Waals surface area contributed by atoms with Crippen LogP contribution in [0.15, 0.2) is 37.0 Å². The average molecular weight is 322 g/mol. The van der Waals surface area contributed by atoms with Gasteiger partial charge in [0.2, 0.25) is 0 Å². The Kier molecular flexibility index (Phi) is 55.8. The van der Waals surface area contributed by atoms with Crippen LogP contribution in [0.2, 0.25) is 0 Å². The van der Waals surface area contributed by atoms with Crippen LogP contribution in [0.5, 0.6) is 0 Å². The molecule has 0 heterocycles. The maximum absolute atomic E-state index is 10.6. The number of hydrogen-bond donors (Lipinski definition) is 1. The molecule has 0 fully saturated rings. The zero-order chi connectivity index (χ0) is 16.1. The van der Waals surface area contributed by atoms with Crippen LogP contribution in [0.3, 0.4) is 0 Å². The summed E-state index contributed by atoms with van der Waals surface area (Å²) in [5.74, 6) is -0.414. The molecule has 0 spiro atoms. The van der Waals surface area contributed by atoms with Crippen LogP contribution in [0.25, 0.3) is 0 Å². The number of ether oxygens (including phenoxy) is 1. The SMILES string of the molecule is C=CC[C@H](O)/C=C/C=C/C(=O)OC.[C-]#[O+].[C-]#[O+].[C-]#[O+].[Fe]. The van der Waals surface area contributed by atoms with Crippen molar-refractivity contribution in [3.05, 3.63) is 56.9 Å². The number of hydrogen-bond acceptors (Lipinski definition) is 3. The van der Waals surface area contributed by atoms with Gasteiger partial charge in [0.1, 0.15) is 0 Å². The maximum atomic E-state index is 10.6. The molecule has 0 aromatic rings. The molecule has 0 radical (unpaired) electrons. The fraction of sp³-hybridized carbons (Fsp3) is 0.231. The second-order valence-electron chi connectivity index (χ2n) is 2.36. The second-order valence-corrected chi connectivity index (χ2v) is 2.36. The molecule has 0 aromatic heterocycles. The van der Waals surface area contributed by atoms with Crippen LogP contribution in [-0.4, -0.2) is 24.3 Å². The summed E-state index contributed by atoms with van der Waals surface area (Å²) in [6, 6.07) is 0. The van der Waals surface area contributed by atoms with E-state index in [-0.39, 0.29) is 17.1 Å². The third kappa shape index (κ3) is 36.0. The van der Waals surface area contributed by atoms with E-state index in [0.717, 1.165) is 0 Å². The number of methoxy groups -OCH3 is 1. The monoisotopic (exact) mass is 322 g/mol. The van der Waals surface area contributed by atoms with Gasteiger partial charge in [-0.3, -0.25) is 0 Å². The number of carbonyl (C=O) groups is 1. The van der Waals surface area contributed by atoms with E-state index in [4.69, 9.17) is 19.1 Å². The first kappa shape index (κ1) is 31.0. The minimum absolute atomic E-state index is 0. The molecule has 0 aromatic carbocycles. The zero-order valence-electron chi connectivity index (χ0n) is 10.7. The molecule has 0 aliphatic rings. The molecular formula is C13H14FeO6. The predicted molar refractivity (Wildman–Crippen MR) is 62.9 cm³/mol. The molecule has 0 aliphatic heterocycles. The fourth-order valence-electron chi connectivity index (χ4n) is 0.644. The number of allylic oxidation sites excluding steroid dienone is 2. The number of carbonyl (C=O) groups excluding carboxylic acids is 1. The Labute approximate surface area is 128 Å². The maximum Gasteiger partial charge on any atom is 0 e. The molecule has 1 N–H and O–H groups in total. The zero-order valence-corrected chi connectivity index (χ0v) is 11.8. The van der Waals surface area contributed by atoms with Crippen molar-refractivity contribution in [2.24, 2.45) is 0 Å². The Morgan fingerprint density at radius 3 is 2.05 bits per heavy atom. The van der Waals surface area contributed by atoms with Crippen LogP contribution in [0, 0.1) is 20.0 Å². The summed E-state index contributed by atoms with van der Waals surface area (Å²) < 4.78 is 26.9. The summed E-state index contributed by atoms with van der Waals surface area (Å²) in [5, 5.41) is 9.16. The van der Waals surface area contributed by atoms with Crippen molar-refractivity contribution in [3.63, 3.8) is 0 Å². The normalized spacial score (nSPS) is 9.00. The van der Waals surface area contributed by atoms with Crippen molar-refractivity contribution in [2.75, 3.05) is 7.11 Å². The van der Waals surface area contributed by atoms with Crippen LogP contribution in [0.1, 0.15) is 6.42 Å². The largest absolute Gasteiger partial charge is 0 e. The number of aliphatic hydroxyl groups excluding tert-OH is 1. The standard InChI is InChI=1S/C10H14O3.3CO.Fe/c1-3-6-9(11)7-4-5-8-10(12)13-2;3*1-2;/h3-5,7-9,11H,1,6H2,2H3;;;;/b7-4+,8-5+;;;;/t9-;;;;/m0..../s1. The minimum atomic E-state index is -0.542. The molecule has 0 bridgehead atoms. The average Bonchev–Trinajstić information content (AvgIpc) is 2.50. The Bertz CT molecular complexity index is 313. The summed E-state index contributed by atoms with van der Waals surface area (Å²) in [5.41, 5.74) is 0. The van der Waals surface area contributed by atoms with Crippen molar-refractivity contribution < 1.29 is 45.7 Å². The molecule has 6 nitrogen and oxygen atoms in total. The van der Waals surface area contributed by atoms with E-state index >= 15 is 0 Å². The van der Waals surface area contributed by atoms with Crippen molar-refractivity contribution in [1.82, 2.24) is 0 Å². The molecule has 1 atom stereocenters. The van der Waals surface area contributed by atoms with Crippen molar-refractivity contribution in [3.8, 4) is 0 Å². The van der Waals surface area contributed by atoms with Crippen LogP contribution >= 0.6 is 0 Å². The van der Waals surface area contributed by atoms with E-state index in [1.54, 1.807) is 18.2 Å². The van der Waals surface area contributed by atoms with Gasteiger partial charge in [0.15, 0.2) is 0 Å². The fourth-order valence-corrected chi connectivity index (χ4v) is 0.644. The van der Waals surface area contributed by atoms with Gasteiger partial charge in [-0.15, -0.1) is 6.58 Å². The van der Waals surface area contributed by atoms with Gasteiger partial charge in [-0.1, -0.05) is 24.3 Å². The van der Waals surface area contributed by atoms with Gasteiger partial charge in [0.25, 0.3) is 0 Å². The predicted octanol–water partition coefficient (Wildman–Crippen LogP) is 1.09. The molecular weight excluding hydrogens is 308 g/mol. The molecule has 110 valence electrons. The Balaban J connectivity index is -0.0000000940. The van der Waals surface area contributed by atoms with Gasteiger partial charge < -0.3 is 9.84 Å². The molecule has 20 heavy (non-hydrogen) atoms. The summed E-state index contributed by atoms with van der Waals surface area (Å²) in [4.78, 5) is 10.6. The van der Waals surface area contributed by atoms with E-state index in [2.05, 4.69) is 31.3 Å². The molecule has 7 heteroatoms. The van der Waals surface area contributed by atoms with Gasteiger partial charge in [-0.05, 0) is 6.42 Å². The number of esters is 1.